The second-order valence-electron chi connectivity index (χ2n) is 5.77. The summed E-state index contributed by atoms with van der Waals surface area (Å²) in [6, 6.07) is 9.40. The third-order valence-corrected chi connectivity index (χ3v) is 3.69. The molecule has 0 spiro atoms. The Hall–Kier alpha value is -3.36. The average Bonchev–Trinajstić information content (AvgIpc) is 3.18. The van der Waals surface area contributed by atoms with Gasteiger partial charge in [0, 0.05) is 19.0 Å². The van der Waals surface area contributed by atoms with E-state index in [1.165, 1.54) is 12.3 Å². The quantitative estimate of drug-likeness (QED) is 0.283. The summed E-state index contributed by atoms with van der Waals surface area (Å²) < 4.78 is 10.1. The molecule has 2 rings (SSSR count). The van der Waals surface area contributed by atoms with E-state index in [0.29, 0.717) is 24.4 Å². The van der Waals surface area contributed by atoms with Gasteiger partial charge in [0.2, 0.25) is 0 Å². The van der Waals surface area contributed by atoms with Crippen molar-refractivity contribution in [3.63, 3.8) is 0 Å². The maximum absolute atomic E-state index is 11.8. The Labute approximate surface area is 155 Å². The van der Waals surface area contributed by atoms with Gasteiger partial charge in [0.15, 0.2) is 6.61 Å². The lowest BCUT2D eigenvalue weighted by atomic mass is 10.2. The van der Waals surface area contributed by atoms with Crippen LogP contribution < -0.4 is 10.6 Å². The van der Waals surface area contributed by atoms with E-state index in [-0.39, 0.29) is 24.8 Å². The number of hydrogen-bond acceptors (Lipinski definition) is 7. The number of furan rings is 1. The van der Waals surface area contributed by atoms with Crippen molar-refractivity contribution in [1.82, 2.24) is 5.32 Å². The first-order chi connectivity index (χ1) is 13.0. The van der Waals surface area contributed by atoms with Gasteiger partial charge in [0.25, 0.3) is 11.6 Å². The molecule has 9 nitrogen and oxygen atoms in total. The van der Waals surface area contributed by atoms with Crippen LogP contribution in [0.3, 0.4) is 0 Å². The molecule has 0 aliphatic heterocycles. The molecule has 0 fully saturated rings. The maximum atomic E-state index is 11.8. The largest absolute Gasteiger partial charge is 0.467 e. The van der Waals surface area contributed by atoms with Gasteiger partial charge >= 0.3 is 5.97 Å². The third-order valence-electron chi connectivity index (χ3n) is 3.69. The zero-order chi connectivity index (χ0) is 19.6. The third kappa shape index (κ3) is 6.46. The summed E-state index contributed by atoms with van der Waals surface area (Å²) in [6.45, 7) is 1.75. The van der Waals surface area contributed by atoms with E-state index in [1.807, 2.05) is 0 Å². The highest BCUT2D eigenvalue weighted by Crippen LogP contribution is 2.22. The van der Waals surface area contributed by atoms with Crippen molar-refractivity contribution in [3.8, 4) is 0 Å². The highest BCUT2D eigenvalue weighted by atomic mass is 16.6. The van der Waals surface area contributed by atoms with Crippen LogP contribution in [0.5, 0.6) is 0 Å². The molecule has 0 radical (unpaired) electrons. The van der Waals surface area contributed by atoms with Crippen molar-refractivity contribution in [2.45, 2.75) is 25.8 Å². The number of carbonyl (C=O) groups is 2. The summed E-state index contributed by atoms with van der Waals surface area (Å²) in [5, 5.41) is 16.5. The van der Waals surface area contributed by atoms with Crippen LogP contribution in [-0.4, -0.2) is 30.0 Å². The Morgan fingerprint density at radius 3 is 2.74 bits per heavy atom. The number of anilines is 1. The van der Waals surface area contributed by atoms with Crippen LogP contribution >= 0.6 is 0 Å². The molecule has 0 saturated heterocycles. The van der Waals surface area contributed by atoms with E-state index in [4.69, 9.17) is 9.15 Å². The Morgan fingerprint density at radius 1 is 1.26 bits per heavy atom. The number of nitro benzene ring substituents is 1. The number of nitrogens with one attached hydrogen (secondary N) is 2. The number of amides is 1. The predicted octanol–water partition coefficient (Wildman–Crippen LogP) is 2.80. The van der Waals surface area contributed by atoms with E-state index in [9.17, 15) is 19.7 Å². The van der Waals surface area contributed by atoms with Crippen molar-refractivity contribution in [1.29, 1.82) is 0 Å². The lowest BCUT2D eigenvalue weighted by Crippen LogP contribution is -2.31. The number of ether oxygens (including phenoxy) is 1. The van der Waals surface area contributed by atoms with E-state index >= 15 is 0 Å². The molecule has 0 aliphatic carbocycles. The van der Waals surface area contributed by atoms with Crippen molar-refractivity contribution in [3.05, 3.63) is 58.5 Å². The minimum atomic E-state index is -0.514. The Balaban J connectivity index is 1.64. The van der Waals surface area contributed by atoms with Crippen LogP contribution in [0.2, 0.25) is 0 Å². The van der Waals surface area contributed by atoms with Crippen molar-refractivity contribution < 1.29 is 23.7 Å². The Kier molecular flexibility index (Phi) is 7.36. The highest BCUT2D eigenvalue weighted by Gasteiger charge is 2.14. The number of esters is 1. The first kappa shape index (κ1) is 20.0. The van der Waals surface area contributed by atoms with Gasteiger partial charge in [-0.1, -0.05) is 12.1 Å². The van der Waals surface area contributed by atoms with E-state index in [2.05, 4.69) is 10.6 Å². The number of nitro groups is 1. The lowest BCUT2D eigenvalue weighted by molar-refractivity contribution is -0.384. The second kappa shape index (κ2) is 9.95. The highest BCUT2D eigenvalue weighted by molar-refractivity contribution is 5.80. The van der Waals surface area contributed by atoms with Gasteiger partial charge < -0.3 is 19.8 Å². The van der Waals surface area contributed by atoms with Crippen molar-refractivity contribution >= 4 is 23.3 Å². The van der Waals surface area contributed by atoms with Crippen LogP contribution in [0, 0.1) is 10.1 Å². The van der Waals surface area contributed by atoms with Crippen LogP contribution in [-0.2, 0) is 14.3 Å². The number of nitrogens with zero attached hydrogens (tertiary/aromatic N) is 1. The van der Waals surface area contributed by atoms with Crippen molar-refractivity contribution in [2.75, 3.05) is 18.5 Å². The summed E-state index contributed by atoms with van der Waals surface area (Å²) in [4.78, 5) is 33.9. The van der Waals surface area contributed by atoms with Crippen LogP contribution in [0.1, 0.15) is 31.6 Å². The molecule has 1 aromatic carbocycles. The second-order valence-corrected chi connectivity index (χ2v) is 5.77. The molecule has 2 aromatic rings. The molecule has 1 heterocycles. The number of rotatable bonds is 10. The van der Waals surface area contributed by atoms with Crippen LogP contribution in [0.25, 0.3) is 0 Å². The molecule has 1 aromatic heterocycles. The summed E-state index contributed by atoms with van der Waals surface area (Å²) in [6.07, 6.45) is 2.01. The van der Waals surface area contributed by atoms with Gasteiger partial charge in [0.1, 0.15) is 11.4 Å². The molecule has 2 N–H and O–H groups in total. The molecule has 0 bridgehead atoms. The fourth-order valence-electron chi connectivity index (χ4n) is 2.35. The van der Waals surface area contributed by atoms with Gasteiger partial charge in [0.05, 0.1) is 17.2 Å². The van der Waals surface area contributed by atoms with Crippen LogP contribution in [0.15, 0.2) is 47.1 Å². The van der Waals surface area contributed by atoms with Gasteiger partial charge in [-0.3, -0.25) is 19.7 Å². The van der Waals surface area contributed by atoms with E-state index in [0.717, 1.165) is 0 Å². The first-order valence-electron chi connectivity index (χ1n) is 8.43. The predicted molar refractivity (Wildman–Crippen MR) is 97.0 cm³/mol. The zero-order valence-corrected chi connectivity index (χ0v) is 14.8. The molecule has 9 heteroatoms. The summed E-state index contributed by atoms with van der Waals surface area (Å²) in [7, 11) is 0. The van der Waals surface area contributed by atoms with E-state index < -0.39 is 16.8 Å². The molecule has 1 amide bonds. The minimum Gasteiger partial charge on any atom is -0.467 e. The molecular weight excluding hydrogens is 354 g/mol. The maximum Gasteiger partial charge on any atom is 0.306 e. The lowest BCUT2D eigenvalue weighted by Gasteiger charge is -2.11. The number of benzene rings is 1. The van der Waals surface area contributed by atoms with Gasteiger partial charge in [-0.15, -0.1) is 0 Å². The van der Waals surface area contributed by atoms with E-state index in [1.54, 1.807) is 37.3 Å². The molecule has 0 aliphatic rings. The zero-order valence-electron chi connectivity index (χ0n) is 14.8. The van der Waals surface area contributed by atoms with Gasteiger partial charge in [-0.2, -0.15) is 0 Å². The summed E-state index contributed by atoms with van der Waals surface area (Å²) in [5.41, 5.74) is 0.365. The number of para-hydroxylation sites is 2. The SMILES string of the molecule is C[C@@H](NC(=O)COC(=O)CCCNc1ccccc1[N+](=O)[O-])c1ccco1. The first-order valence-corrected chi connectivity index (χ1v) is 8.43. The smallest absolute Gasteiger partial charge is 0.306 e. The molecule has 1 atom stereocenters. The fraction of sp³-hybridized carbons (Fsp3) is 0.333. The summed E-state index contributed by atoms with van der Waals surface area (Å²) >= 11 is 0. The van der Waals surface area contributed by atoms with Crippen LogP contribution in [0.4, 0.5) is 11.4 Å². The molecule has 0 unspecified atom stereocenters. The minimum absolute atomic E-state index is 0.0255. The molecule has 27 heavy (non-hydrogen) atoms. The average molecular weight is 375 g/mol. The fourth-order valence-corrected chi connectivity index (χ4v) is 2.35. The molecule has 144 valence electrons. The summed E-state index contributed by atoms with van der Waals surface area (Å²) in [5.74, 6) is -0.332. The normalized spacial score (nSPS) is 11.4. The monoisotopic (exact) mass is 375 g/mol. The van der Waals surface area contributed by atoms with Gasteiger partial charge in [-0.25, -0.2) is 0 Å². The Morgan fingerprint density at radius 2 is 2.04 bits per heavy atom. The Bertz CT molecular complexity index is 775. The van der Waals surface area contributed by atoms with Crippen molar-refractivity contribution in [2.24, 2.45) is 0 Å². The molecular formula is C18H21N3O6. The number of carbonyl (C=O) groups excluding carboxylic acids is 2. The standard InChI is InChI=1S/C18H21N3O6/c1-13(16-8-5-11-26-16)20-17(22)12-27-18(23)9-4-10-19-14-6-2-3-7-15(14)21(24)25/h2-3,5-8,11,13,19H,4,9-10,12H2,1H3,(H,20,22)/t13-/m1/s1. The molecule has 0 saturated carbocycles. The van der Waals surface area contributed by atoms with Gasteiger partial charge in [-0.05, 0) is 31.5 Å². The topological polar surface area (TPSA) is 124 Å². The number of hydrogen-bond donors (Lipinski definition) is 2.